The number of nitrogens with one attached hydrogen (secondary N) is 3. The van der Waals surface area contributed by atoms with Gasteiger partial charge in [-0.15, -0.1) is 0 Å². The molecular weight excluding hydrogens is 1130 g/mol. The zero-order chi connectivity index (χ0) is 63.1. The van der Waals surface area contributed by atoms with E-state index >= 15 is 0 Å². The van der Waals surface area contributed by atoms with E-state index < -0.39 is 109 Å². The summed E-state index contributed by atoms with van der Waals surface area (Å²) >= 11 is 0. The Hall–Kier alpha value is -7.18. The number of piperazine rings is 2. The molecule has 4 aromatic heterocycles. The summed E-state index contributed by atoms with van der Waals surface area (Å²) in [4.78, 5) is 69.6. The molecule has 0 saturated carbocycles. The number of aliphatic hydroxyl groups is 2. The van der Waals surface area contributed by atoms with Crippen molar-refractivity contribution in [2.75, 3.05) is 79.1 Å². The molecule has 2 aromatic carbocycles. The summed E-state index contributed by atoms with van der Waals surface area (Å²) in [5.41, 5.74) is -2.48. The van der Waals surface area contributed by atoms with Crippen LogP contribution >= 0.6 is 0 Å². The molecule has 0 unspecified atom stereocenters. The number of hydrogen-bond donors (Lipinski definition) is 5. The second-order valence-electron chi connectivity index (χ2n) is 25.6. The van der Waals surface area contributed by atoms with Crippen LogP contribution in [0.1, 0.15) is 97.4 Å². The molecule has 0 bridgehead atoms. The van der Waals surface area contributed by atoms with Gasteiger partial charge in [0.1, 0.15) is 85.5 Å². The summed E-state index contributed by atoms with van der Waals surface area (Å²) in [7, 11) is 0. The fourth-order valence-electron chi connectivity index (χ4n) is 11.1. The third kappa shape index (κ3) is 15.8. The van der Waals surface area contributed by atoms with Crippen molar-refractivity contribution < 1.29 is 65.3 Å². The standard InChI is InChI=1S/C40H49F2N5O6.C24H34F2N4O4/c1-39(2,35-19-28-20-43-14-13-33(28)53-35)47-16-15-46(31(22-47)38(51)45-40(3,24-41)25-42)21-29(48)18-27(17-26-9-5-4-6-10-26)37(50)44-36-30-11-7-8-12-34(30)52-23-32(36)49;1-22(2,3)34-21(32)30-10-9-29(13-17(30)20(31)28-24(6,14-25)15-26)23(4,5)19-11-16-12-27-8-7-18(16)33-19/h4-14,19-20,27,29,31-32,36,48-49H,15-18,21-25H2,1-3H3,(H,44,50)(H,45,51);7-8,11-12,17H,9-10,13-15H2,1-6H3,(H,28,31)/t27-,29+,31+,32-,36+;17-/m10/s1. The third-order valence-electron chi connectivity index (χ3n) is 16.6. The number of benzene rings is 2. The molecule has 3 aliphatic rings. The van der Waals surface area contributed by atoms with Crippen LogP contribution in [0.3, 0.4) is 0 Å². The van der Waals surface area contributed by atoms with E-state index in [2.05, 4.69) is 30.8 Å². The number of hydrogen-bond acceptors (Lipinski definition) is 15. The van der Waals surface area contributed by atoms with Gasteiger partial charge in [0.15, 0.2) is 0 Å². The molecule has 0 aliphatic carbocycles. The maximum atomic E-state index is 14.0. The summed E-state index contributed by atoms with van der Waals surface area (Å²) in [6.45, 7) is 13.2. The van der Waals surface area contributed by atoms with Gasteiger partial charge in [0.05, 0.1) is 34.3 Å². The zero-order valence-electron chi connectivity index (χ0n) is 51.0. The van der Waals surface area contributed by atoms with E-state index in [4.69, 9.17) is 18.3 Å². The quantitative estimate of drug-likeness (QED) is 0.0458. The highest BCUT2D eigenvalue weighted by Crippen LogP contribution is 2.37. The van der Waals surface area contributed by atoms with Crippen LogP contribution in [0.25, 0.3) is 21.9 Å². The molecule has 5 N–H and O–H groups in total. The highest BCUT2D eigenvalue weighted by atomic mass is 19.1. The number of nitrogens with zero attached hydrogens (tertiary/aromatic N) is 6. The van der Waals surface area contributed by atoms with E-state index in [1.165, 1.54) is 18.7 Å². The van der Waals surface area contributed by atoms with Crippen molar-refractivity contribution in [2.24, 2.45) is 5.92 Å². The Balaban J connectivity index is 0.000000249. The van der Waals surface area contributed by atoms with Crippen LogP contribution in [0.2, 0.25) is 0 Å². The monoisotopic (exact) mass is 1210 g/mol. The Morgan fingerprint density at radius 3 is 1.75 bits per heavy atom. The topological polar surface area (TPSA) is 228 Å². The number of rotatable bonds is 20. The van der Waals surface area contributed by atoms with Gasteiger partial charge >= 0.3 is 6.09 Å². The van der Waals surface area contributed by atoms with Crippen LogP contribution in [0.5, 0.6) is 5.75 Å². The molecule has 3 aliphatic heterocycles. The van der Waals surface area contributed by atoms with Crippen LogP contribution in [0, 0.1) is 5.92 Å². The van der Waals surface area contributed by atoms with Gasteiger partial charge in [0.2, 0.25) is 17.7 Å². The Labute approximate surface area is 505 Å². The average molecular weight is 1210 g/mol. The molecule has 9 rings (SSSR count). The third-order valence-corrected chi connectivity index (χ3v) is 16.6. The number of alkyl halides is 4. The lowest BCUT2D eigenvalue weighted by Crippen LogP contribution is -2.66. The molecule has 6 aromatic rings. The van der Waals surface area contributed by atoms with Crippen molar-refractivity contribution in [3.63, 3.8) is 0 Å². The van der Waals surface area contributed by atoms with Gasteiger partial charge in [-0.25, -0.2) is 22.4 Å². The summed E-state index contributed by atoms with van der Waals surface area (Å²) < 4.78 is 78.2. The Morgan fingerprint density at radius 1 is 0.690 bits per heavy atom. The summed E-state index contributed by atoms with van der Waals surface area (Å²) in [5, 5.41) is 32.2. The smallest absolute Gasteiger partial charge is 0.411 e. The van der Waals surface area contributed by atoms with Gasteiger partial charge < -0.3 is 44.5 Å². The fourth-order valence-corrected chi connectivity index (χ4v) is 11.1. The maximum absolute atomic E-state index is 14.0. The van der Waals surface area contributed by atoms with Crippen LogP contribution in [-0.2, 0) is 36.6 Å². The minimum Gasteiger partial charge on any atom is -0.490 e. The number of β-amino-alcohol motifs (C(OH)–C–C–N with tert-alkyl or cyclic N) is 1. The first-order valence-corrected chi connectivity index (χ1v) is 29.4. The van der Waals surface area contributed by atoms with Crippen molar-refractivity contribution in [3.05, 3.63) is 126 Å². The first-order chi connectivity index (χ1) is 41.2. The number of fused-ring (bicyclic) bond motifs is 3. The predicted molar refractivity (Wildman–Crippen MR) is 319 cm³/mol. The minimum atomic E-state index is -1.70. The number of carbonyl (C=O) groups excluding carboxylic acids is 4. The first kappa shape index (κ1) is 65.8. The number of aliphatic hydroxyl groups excluding tert-OH is 2. The molecule has 472 valence electrons. The van der Waals surface area contributed by atoms with Crippen molar-refractivity contribution in [1.82, 2.24) is 45.5 Å². The lowest BCUT2D eigenvalue weighted by Gasteiger charge is -2.47. The van der Waals surface area contributed by atoms with Gasteiger partial charge in [0, 0.05) is 92.9 Å². The normalized spacial score (nSPS) is 19.9. The predicted octanol–water partition coefficient (Wildman–Crippen LogP) is 7.88. The second kappa shape index (κ2) is 27.5. The molecule has 0 spiro atoms. The Bertz CT molecular complexity index is 3230. The number of ether oxygens (including phenoxy) is 2. The highest BCUT2D eigenvalue weighted by Gasteiger charge is 2.46. The van der Waals surface area contributed by atoms with E-state index in [1.807, 2.05) is 92.1 Å². The minimum absolute atomic E-state index is 0.0254. The number of amides is 4. The molecule has 2 fully saturated rings. The van der Waals surface area contributed by atoms with Gasteiger partial charge in [-0.3, -0.25) is 44.0 Å². The highest BCUT2D eigenvalue weighted by molar-refractivity contribution is 5.87. The van der Waals surface area contributed by atoms with Crippen LogP contribution in [0.15, 0.2) is 112 Å². The summed E-state index contributed by atoms with van der Waals surface area (Å²) in [6.07, 6.45) is 4.46. The maximum Gasteiger partial charge on any atom is 0.411 e. The van der Waals surface area contributed by atoms with E-state index in [1.54, 1.807) is 69.8 Å². The number of halogens is 4. The molecule has 6 atom stereocenters. The summed E-state index contributed by atoms with van der Waals surface area (Å²) in [5.74, 6) is -0.283. The zero-order valence-corrected chi connectivity index (χ0v) is 51.0. The van der Waals surface area contributed by atoms with E-state index in [-0.39, 0.29) is 45.1 Å². The number of carbonyl (C=O) groups is 4. The van der Waals surface area contributed by atoms with E-state index in [9.17, 15) is 47.0 Å². The van der Waals surface area contributed by atoms with E-state index in [0.717, 1.165) is 16.3 Å². The molecule has 87 heavy (non-hydrogen) atoms. The van der Waals surface area contributed by atoms with Gasteiger partial charge in [-0.05, 0) is 111 Å². The van der Waals surface area contributed by atoms with Crippen LogP contribution in [0.4, 0.5) is 22.4 Å². The van der Waals surface area contributed by atoms with Gasteiger partial charge in [0.25, 0.3) is 0 Å². The number of furan rings is 2. The lowest BCUT2D eigenvalue weighted by atomic mass is 9.90. The molecule has 4 amide bonds. The second-order valence-corrected chi connectivity index (χ2v) is 25.6. The van der Waals surface area contributed by atoms with Crippen molar-refractivity contribution in [3.8, 4) is 5.75 Å². The number of pyridine rings is 2. The molecule has 7 heterocycles. The Morgan fingerprint density at radius 2 is 1.21 bits per heavy atom. The first-order valence-electron chi connectivity index (χ1n) is 29.4. The van der Waals surface area contributed by atoms with Crippen molar-refractivity contribution >= 4 is 45.8 Å². The Kier molecular flexibility index (Phi) is 20.8. The van der Waals surface area contributed by atoms with Crippen LogP contribution < -0.4 is 20.7 Å². The molecule has 19 nitrogen and oxygen atoms in total. The molecule has 0 radical (unpaired) electrons. The molecule has 2 saturated heterocycles. The summed E-state index contributed by atoms with van der Waals surface area (Å²) in [6, 6.07) is 21.5. The fraction of sp³-hybridized carbons (Fsp3) is 0.531. The van der Waals surface area contributed by atoms with Crippen LogP contribution in [-0.4, -0.2) is 184 Å². The van der Waals surface area contributed by atoms with Gasteiger partial charge in [-0.2, -0.15) is 0 Å². The molecule has 23 heteroatoms. The number of aromatic nitrogens is 2. The van der Waals surface area contributed by atoms with Gasteiger partial charge in [-0.1, -0.05) is 48.5 Å². The average Bonchev–Trinajstić information content (AvgIpc) is 1.97. The lowest BCUT2D eigenvalue weighted by molar-refractivity contribution is -0.134. The largest absolute Gasteiger partial charge is 0.490 e. The van der Waals surface area contributed by atoms with Crippen molar-refractivity contribution in [2.45, 2.75) is 133 Å². The SMILES string of the molecule is CC(CF)(CF)NC(=O)[C@@H]1CN(C(C)(C)c2cc3cnccc3o2)CCN1C(=O)OC(C)(C)C.CC(CF)(CF)NC(=O)[C@@H]1CN(C(C)(C)c2cc3cnccc3o2)CCN1C[C@@H](O)C[C@@H](Cc1ccccc1)C(=O)N[C@H]1c2ccccc2OC[C@H]1O. The number of para-hydroxylation sites is 1. The van der Waals surface area contributed by atoms with E-state index in [0.29, 0.717) is 60.1 Å². The molecular formula is C64H83F4N9O10. The van der Waals surface area contributed by atoms with Crippen molar-refractivity contribution in [1.29, 1.82) is 0 Å².